The van der Waals surface area contributed by atoms with Crippen molar-refractivity contribution in [3.05, 3.63) is 60.8 Å². The topological polar surface area (TPSA) is 118 Å². The van der Waals surface area contributed by atoms with E-state index in [0.29, 0.717) is 55.1 Å². The monoisotopic (exact) mass is 477 g/mol. The minimum Gasteiger partial charge on any atom is -0.444 e. The number of morpholine rings is 1. The van der Waals surface area contributed by atoms with Gasteiger partial charge in [-0.15, -0.1) is 0 Å². The number of ether oxygens (including phenoxy) is 2. The molecule has 0 aliphatic carbocycles. The Balaban J connectivity index is 1.58. The molecule has 4 rings (SSSR count). The first kappa shape index (κ1) is 24.2. The lowest BCUT2D eigenvalue weighted by Gasteiger charge is -2.37. The molecule has 3 aromatic rings. The predicted octanol–water partition coefficient (Wildman–Crippen LogP) is 4.53. The van der Waals surface area contributed by atoms with Gasteiger partial charge in [0, 0.05) is 24.5 Å². The summed E-state index contributed by atoms with van der Waals surface area (Å²) in [4.78, 5) is 21.4. The number of hydrogen-bond acceptors (Lipinski definition) is 9. The van der Waals surface area contributed by atoms with Crippen molar-refractivity contribution >= 4 is 40.6 Å². The second-order valence-electron chi connectivity index (χ2n) is 9.02. The molecule has 35 heavy (non-hydrogen) atoms. The molecule has 0 bridgehead atoms. The Hall–Kier alpha value is -3.89. The highest BCUT2D eigenvalue weighted by Crippen LogP contribution is 2.29. The lowest BCUT2D eigenvalue weighted by Crippen LogP contribution is -2.47. The number of anilines is 6. The van der Waals surface area contributed by atoms with Crippen molar-refractivity contribution in [1.82, 2.24) is 15.0 Å². The second-order valence-corrected chi connectivity index (χ2v) is 9.02. The number of nitrogen functional groups attached to an aromatic ring is 1. The number of para-hydroxylation sites is 1. The Morgan fingerprint density at radius 3 is 2.51 bits per heavy atom. The van der Waals surface area contributed by atoms with Crippen molar-refractivity contribution in [2.24, 2.45) is 0 Å². The van der Waals surface area contributed by atoms with Crippen molar-refractivity contribution in [2.45, 2.75) is 26.4 Å². The van der Waals surface area contributed by atoms with E-state index in [1.165, 1.54) is 0 Å². The molecule has 0 radical (unpaired) electrons. The largest absolute Gasteiger partial charge is 0.444 e. The van der Waals surface area contributed by atoms with Crippen LogP contribution in [0.4, 0.5) is 39.3 Å². The van der Waals surface area contributed by atoms with Gasteiger partial charge in [0.05, 0.1) is 30.8 Å². The number of hydrogen-bond donors (Lipinski definition) is 3. The Kier molecular flexibility index (Phi) is 7.33. The summed E-state index contributed by atoms with van der Waals surface area (Å²) < 4.78 is 10.9. The van der Waals surface area contributed by atoms with E-state index in [9.17, 15) is 4.79 Å². The first-order valence-electron chi connectivity index (χ1n) is 11.5. The van der Waals surface area contributed by atoms with Crippen LogP contribution < -0.4 is 21.4 Å². The number of nitrogens with zero attached hydrogens (tertiary/aromatic N) is 4. The van der Waals surface area contributed by atoms with Gasteiger partial charge in [-0.2, -0.15) is 4.98 Å². The Bertz CT molecular complexity index is 1150. The van der Waals surface area contributed by atoms with Crippen LogP contribution in [0.15, 0.2) is 60.8 Å². The van der Waals surface area contributed by atoms with Crippen LogP contribution >= 0.6 is 0 Å². The maximum Gasteiger partial charge on any atom is 0.412 e. The summed E-state index contributed by atoms with van der Waals surface area (Å²) in [7, 11) is 0. The van der Waals surface area contributed by atoms with Crippen LogP contribution in [0.3, 0.4) is 0 Å². The summed E-state index contributed by atoms with van der Waals surface area (Å²) in [5.74, 6) is 0.941. The van der Waals surface area contributed by atoms with Crippen molar-refractivity contribution < 1.29 is 14.3 Å². The van der Waals surface area contributed by atoms with Gasteiger partial charge in [0.25, 0.3) is 0 Å². The number of nitrogens with one attached hydrogen (secondary N) is 2. The number of nitrogens with two attached hydrogens (primary N) is 1. The molecular formula is C25H31N7O3. The van der Waals surface area contributed by atoms with Crippen LogP contribution in [-0.4, -0.2) is 53.0 Å². The lowest BCUT2D eigenvalue weighted by molar-refractivity contribution is 0.0371. The van der Waals surface area contributed by atoms with Gasteiger partial charge < -0.3 is 20.5 Å². The van der Waals surface area contributed by atoms with Gasteiger partial charge in [-0.1, -0.05) is 24.3 Å². The van der Waals surface area contributed by atoms with Gasteiger partial charge in [-0.25, -0.2) is 19.8 Å². The number of carbonyl (C=O) groups is 1. The highest BCUT2D eigenvalue weighted by molar-refractivity contribution is 5.86. The van der Waals surface area contributed by atoms with Gasteiger partial charge in [0.1, 0.15) is 5.60 Å². The molecule has 1 amide bonds. The van der Waals surface area contributed by atoms with Gasteiger partial charge >= 0.3 is 6.09 Å². The van der Waals surface area contributed by atoms with E-state index in [1.54, 1.807) is 18.3 Å². The molecule has 1 aliphatic rings. The molecule has 1 aliphatic heterocycles. The molecule has 2 aromatic carbocycles. The zero-order valence-electron chi connectivity index (χ0n) is 20.2. The molecule has 10 heteroatoms. The molecule has 0 spiro atoms. The zero-order valence-corrected chi connectivity index (χ0v) is 20.2. The third-order valence-electron chi connectivity index (χ3n) is 5.04. The van der Waals surface area contributed by atoms with Gasteiger partial charge in [0.2, 0.25) is 5.95 Å². The molecule has 2 heterocycles. The smallest absolute Gasteiger partial charge is 0.412 e. The molecule has 0 saturated carbocycles. The normalized spacial score (nSPS) is 14.3. The Morgan fingerprint density at radius 2 is 1.80 bits per heavy atom. The van der Waals surface area contributed by atoms with Gasteiger partial charge in [0.15, 0.2) is 5.82 Å². The third-order valence-corrected chi connectivity index (χ3v) is 5.04. The Labute approximate surface area is 205 Å². The fourth-order valence-electron chi connectivity index (χ4n) is 3.55. The van der Waals surface area contributed by atoms with Crippen LogP contribution in [0.1, 0.15) is 20.8 Å². The van der Waals surface area contributed by atoms with Crippen LogP contribution in [0.2, 0.25) is 0 Å². The minimum atomic E-state index is -0.586. The number of hydrazine groups is 1. The molecule has 1 fully saturated rings. The number of amides is 1. The fraction of sp³-hybridized carbons (Fsp3) is 0.320. The summed E-state index contributed by atoms with van der Waals surface area (Å²) in [6.45, 7) is 8.12. The average Bonchev–Trinajstić information content (AvgIpc) is 2.82. The van der Waals surface area contributed by atoms with Crippen LogP contribution in [0.25, 0.3) is 0 Å². The summed E-state index contributed by atoms with van der Waals surface area (Å²) >= 11 is 0. The quantitative estimate of drug-likeness (QED) is 0.470. The van der Waals surface area contributed by atoms with Crippen LogP contribution in [0.5, 0.6) is 0 Å². The van der Waals surface area contributed by atoms with Gasteiger partial charge in [-0.05, 0) is 51.1 Å². The van der Waals surface area contributed by atoms with E-state index in [-0.39, 0.29) is 0 Å². The van der Waals surface area contributed by atoms with Gasteiger partial charge in [-0.3, -0.25) is 5.32 Å². The van der Waals surface area contributed by atoms with Crippen molar-refractivity contribution in [3.8, 4) is 0 Å². The summed E-state index contributed by atoms with van der Waals surface area (Å²) in [5, 5.41) is 10.1. The summed E-state index contributed by atoms with van der Waals surface area (Å²) in [6, 6.07) is 17.2. The summed E-state index contributed by atoms with van der Waals surface area (Å²) in [6.07, 6.45) is 1.06. The molecule has 1 aromatic heterocycles. The number of aromatic nitrogens is 2. The van der Waals surface area contributed by atoms with Crippen molar-refractivity contribution in [1.29, 1.82) is 0 Å². The lowest BCUT2D eigenvalue weighted by atomic mass is 10.2. The van der Waals surface area contributed by atoms with Crippen molar-refractivity contribution in [2.75, 3.05) is 47.7 Å². The van der Waals surface area contributed by atoms with E-state index in [4.69, 9.17) is 20.2 Å². The Morgan fingerprint density at radius 1 is 1.09 bits per heavy atom. The first-order chi connectivity index (χ1) is 16.8. The average molecular weight is 478 g/mol. The molecule has 10 nitrogen and oxygen atoms in total. The number of rotatable bonds is 6. The maximum absolute atomic E-state index is 12.1. The van der Waals surface area contributed by atoms with E-state index in [1.807, 2.05) is 68.2 Å². The molecule has 4 N–H and O–H groups in total. The molecule has 0 atom stereocenters. The predicted molar refractivity (Wildman–Crippen MR) is 137 cm³/mol. The highest BCUT2D eigenvalue weighted by Gasteiger charge is 2.24. The standard InChI is InChI=1S/C25H31N7O3/c1-25(2,3)35-24(33)29-19-9-7-8-18(16-19)28-22-21(26)17-27-23(30-22)32(20-10-5-4-6-11-20)31-12-14-34-15-13-31/h4-11,16-17H,12-15,26H2,1-3H3,(H,29,33)(H,27,28,30). The van der Waals surface area contributed by atoms with E-state index in [0.717, 1.165) is 5.69 Å². The SMILES string of the molecule is CC(C)(C)OC(=O)Nc1cccc(Nc2nc(N(c3ccccc3)N3CCOCC3)ncc2N)c1. The van der Waals surface area contributed by atoms with E-state index < -0.39 is 11.7 Å². The minimum absolute atomic E-state index is 0.397. The fourth-order valence-corrected chi connectivity index (χ4v) is 3.55. The summed E-state index contributed by atoms with van der Waals surface area (Å²) in [5.41, 5.74) is 8.24. The third kappa shape index (κ3) is 6.58. The molecular weight excluding hydrogens is 446 g/mol. The molecule has 0 unspecified atom stereocenters. The van der Waals surface area contributed by atoms with Crippen LogP contribution in [-0.2, 0) is 9.47 Å². The molecule has 1 saturated heterocycles. The highest BCUT2D eigenvalue weighted by atomic mass is 16.6. The first-order valence-corrected chi connectivity index (χ1v) is 11.5. The van der Waals surface area contributed by atoms with Crippen molar-refractivity contribution in [3.63, 3.8) is 0 Å². The maximum atomic E-state index is 12.1. The number of carbonyl (C=O) groups excluding carboxylic acids is 1. The van der Waals surface area contributed by atoms with Crippen LogP contribution in [0, 0.1) is 0 Å². The van der Waals surface area contributed by atoms with E-state index >= 15 is 0 Å². The number of benzene rings is 2. The zero-order chi connectivity index (χ0) is 24.8. The van der Waals surface area contributed by atoms with E-state index in [2.05, 4.69) is 20.6 Å². The molecule has 184 valence electrons. The second kappa shape index (κ2) is 10.6.